The van der Waals surface area contributed by atoms with Crippen LogP contribution in [0, 0.1) is 0 Å². The molecule has 0 bridgehead atoms. The molecule has 4 rings (SSSR count). The molecule has 0 aliphatic carbocycles. The number of amides is 2. The van der Waals surface area contributed by atoms with E-state index in [0.717, 1.165) is 22.9 Å². The fraction of sp³-hybridized carbons (Fsp3) is 0.346. The number of ether oxygens (including phenoxy) is 3. The molecule has 3 aromatic rings. The van der Waals surface area contributed by atoms with Gasteiger partial charge in [0.25, 0.3) is 5.91 Å². The first-order chi connectivity index (χ1) is 17.5. The molecule has 1 aliphatic heterocycles. The molecule has 1 saturated heterocycles. The summed E-state index contributed by atoms with van der Waals surface area (Å²) in [5, 5.41) is 7.25. The quantitative estimate of drug-likeness (QED) is 0.515. The van der Waals surface area contributed by atoms with E-state index in [1.807, 2.05) is 53.4 Å². The minimum absolute atomic E-state index is 0.114. The molecule has 10 nitrogen and oxygen atoms in total. The molecule has 0 radical (unpaired) electrons. The number of rotatable bonds is 8. The lowest BCUT2D eigenvalue weighted by Gasteiger charge is -2.36. The Balaban J connectivity index is 1.50. The summed E-state index contributed by atoms with van der Waals surface area (Å²) in [6.45, 7) is 4.61. The number of hydrogen-bond acceptors (Lipinski definition) is 7. The zero-order valence-electron chi connectivity index (χ0n) is 20.8. The van der Waals surface area contributed by atoms with Gasteiger partial charge in [0.15, 0.2) is 0 Å². The number of carbonyl (C=O) groups excluding carboxylic acids is 2. The fourth-order valence-electron chi connectivity index (χ4n) is 4.08. The van der Waals surface area contributed by atoms with Gasteiger partial charge < -0.3 is 29.3 Å². The van der Waals surface area contributed by atoms with Crippen molar-refractivity contribution in [1.29, 1.82) is 0 Å². The highest BCUT2D eigenvalue weighted by Gasteiger charge is 2.26. The first-order valence-corrected chi connectivity index (χ1v) is 11.8. The molecule has 36 heavy (non-hydrogen) atoms. The van der Waals surface area contributed by atoms with Gasteiger partial charge in [0.05, 0.1) is 38.8 Å². The Labute approximate surface area is 210 Å². The number of anilines is 1. The third-order valence-corrected chi connectivity index (χ3v) is 5.94. The van der Waals surface area contributed by atoms with Gasteiger partial charge in [-0.25, -0.2) is 9.48 Å². The topological polar surface area (TPSA) is 98.2 Å². The highest BCUT2D eigenvalue weighted by molar-refractivity contribution is 5.93. The number of benzene rings is 2. The van der Waals surface area contributed by atoms with Crippen molar-refractivity contribution in [2.24, 2.45) is 0 Å². The number of aromatic nitrogens is 2. The molecule has 0 unspecified atom stereocenters. The van der Waals surface area contributed by atoms with Crippen molar-refractivity contribution < 1.29 is 23.8 Å². The number of carbonyl (C=O) groups is 2. The summed E-state index contributed by atoms with van der Waals surface area (Å²) in [6.07, 6.45) is -0.523. The summed E-state index contributed by atoms with van der Waals surface area (Å²) in [5.74, 6) is 1.33. The van der Waals surface area contributed by atoms with E-state index >= 15 is 0 Å². The van der Waals surface area contributed by atoms with Crippen LogP contribution in [0.5, 0.6) is 11.5 Å². The van der Waals surface area contributed by atoms with Gasteiger partial charge in [0, 0.05) is 50.1 Å². The molecule has 2 heterocycles. The standard InChI is InChI=1S/C26H31N5O5/c1-4-36-26(33)27-18-19-14-24(31(28-19)20-8-6-5-7-9-20)25(32)30-12-10-29(11-13-30)21-15-22(34-2)17-23(16-21)35-3/h5-9,14-17H,4,10-13,18H2,1-3H3,(H,27,33). The Morgan fingerprint density at radius 3 is 2.19 bits per heavy atom. The number of alkyl carbamates (subject to hydrolysis) is 1. The van der Waals surface area contributed by atoms with Crippen molar-refractivity contribution in [3.05, 3.63) is 66.0 Å². The lowest BCUT2D eigenvalue weighted by Crippen LogP contribution is -2.49. The van der Waals surface area contributed by atoms with E-state index in [1.165, 1.54) is 0 Å². The molecule has 0 atom stereocenters. The maximum absolute atomic E-state index is 13.6. The zero-order valence-corrected chi connectivity index (χ0v) is 20.8. The predicted octanol–water partition coefficient (Wildman–Crippen LogP) is 3.10. The monoisotopic (exact) mass is 493 g/mol. The van der Waals surface area contributed by atoms with Crippen LogP contribution in [0.3, 0.4) is 0 Å². The summed E-state index contributed by atoms with van der Waals surface area (Å²) >= 11 is 0. The Morgan fingerprint density at radius 1 is 0.917 bits per heavy atom. The van der Waals surface area contributed by atoms with E-state index in [4.69, 9.17) is 14.2 Å². The van der Waals surface area contributed by atoms with Crippen molar-refractivity contribution in [3.8, 4) is 17.2 Å². The Morgan fingerprint density at radius 2 is 1.58 bits per heavy atom. The molecule has 1 N–H and O–H groups in total. The second kappa shape index (κ2) is 11.5. The first-order valence-electron chi connectivity index (χ1n) is 11.8. The van der Waals surface area contributed by atoms with Crippen LogP contribution in [0.15, 0.2) is 54.6 Å². The molecule has 190 valence electrons. The summed E-state index contributed by atoms with van der Waals surface area (Å²) in [6, 6.07) is 17.0. The van der Waals surface area contributed by atoms with Gasteiger partial charge in [-0.2, -0.15) is 5.10 Å². The van der Waals surface area contributed by atoms with Crippen LogP contribution in [0.1, 0.15) is 23.1 Å². The van der Waals surface area contributed by atoms with Crippen LogP contribution in [0.2, 0.25) is 0 Å². The SMILES string of the molecule is CCOC(=O)NCc1cc(C(=O)N2CCN(c3cc(OC)cc(OC)c3)CC2)n(-c2ccccc2)n1. The van der Waals surface area contributed by atoms with E-state index in [2.05, 4.69) is 15.3 Å². The van der Waals surface area contributed by atoms with E-state index in [1.54, 1.807) is 31.9 Å². The number of nitrogens with one attached hydrogen (secondary N) is 1. The summed E-state index contributed by atoms with van der Waals surface area (Å²) in [7, 11) is 3.25. The van der Waals surface area contributed by atoms with Crippen molar-refractivity contribution in [3.63, 3.8) is 0 Å². The molecule has 1 fully saturated rings. The Bertz CT molecular complexity index is 1170. The molecule has 1 aliphatic rings. The first kappa shape index (κ1) is 24.9. The normalized spacial score (nSPS) is 13.3. The second-order valence-electron chi connectivity index (χ2n) is 8.19. The van der Waals surface area contributed by atoms with E-state index in [9.17, 15) is 9.59 Å². The van der Waals surface area contributed by atoms with E-state index in [0.29, 0.717) is 37.6 Å². The van der Waals surface area contributed by atoms with E-state index in [-0.39, 0.29) is 19.1 Å². The minimum Gasteiger partial charge on any atom is -0.497 e. The Hall–Kier alpha value is -4.21. The largest absolute Gasteiger partial charge is 0.497 e. The third kappa shape index (κ3) is 5.70. The van der Waals surface area contributed by atoms with Gasteiger partial charge in [0.1, 0.15) is 17.2 Å². The van der Waals surface area contributed by atoms with E-state index < -0.39 is 6.09 Å². The highest BCUT2D eigenvalue weighted by atomic mass is 16.5. The third-order valence-electron chi connectivity index (χ3n) is 5.94. The molecule has 0 saturated carbocycles. The number of nitrogens with zero attached hydrogens (tertiary/aromatic N) is 4. The van der Waals surface area contributed by atoms with Gasteiger partial charge in [-0.05, 0) is 25.1 Å². The smallest absolute Gasteiger partial charge is 0.407 e. The molecule has 10 heteroatoms. The van der Waals surface area contributed by atoms with Crippen molar-refractivity contribution in [2.75, 3.05) is 51.9 Å². The average Bonchev–Trinajstić information content (AvgIpc) is 3.36. The Kier molecular flexibility index (Phi) is 7.94. The number of piperazine rings is 1. The molecule has 0 spiro atoms. The summed E-state index contributed by atoms with van der Waals surface area (Å²) in [5.41, 5.74) is 2.76. The summed E-state index contributed by atoms with van der Waals surface area (Å²) < 4.78 is 17.3. The molecule has 1 aromatic heterocycles. The average molecular weight is 494 g/mol. The minimum atomic E-state index is -0.523. The highest BCUT2D eigenvalue weighted by Crippen LogP contribution is 2.29. The van der Waals surface area contributed by atoms with Gasteiger partial charge in [-0.3, -0.25) is 4.79 Å². The van der Waals surface area contributed by atoms with Crippen LogP contribution < -0.4 is 19.7 Å². The van der Waals surface area contributed by atoms with Gasteiger partial charge in [-0.1, -0.05) is 18.2 Å². The van der Waals surface area contributed by atoms with Crippen LogP contribution >= 0.6 is 0 Å². The van der Waals surface area contributed by atoms with Crippen LogP contribution in [-0.2, 0) is 11.3 Å². The van der Waals surface area contributed by atoms with Gasteiger partial charge in [0.2, 0.25) is 0 Å². The van der Waals surface area contributed by atoms with Crippen molar-refractivity contribution in [2.45, 2.75) is 13.5 Å². The predicted molar refractivity (Wildman–Crippen MR) is 135 cm³/mol. The lowest BCUT2D eigenvalue weighted by molar-refractivity contribution is 0.0737. The number of hydrogen-bond donors (Lipinski definition) is 1. The van der Waals surface area contributed by atoms with Crippen LogP contribution in [-0.4, -0.2) is 73.7 Å². The van der Waals surface area contributed by atoms with Gasteiger partial charge >= 0.3 is 6.09 Å². The summed E-state index contributed by atoms with van der Waals surface area (Å²) in [4.78, 5) is 29.3. The maximum Gasteiger partial charge on any atom is 0.407 e. The van der Waals surface area contributed by atoms with Crippen LogP contribution in [0.25, 0.3) is 5.69 Å². The maximum atomic E-state index is 13.6. The molecular formula is C26H31N5O5. The fourth-order valence-corrected chi connectivity index (χ4v) is 4.08. The number of para-hydroxylation sites is 1. The molecule has 2 amide bonds. The second-order valence-corrected chi connectivity index (χ2v) is 8.19. The lowest BCUT2D eigenvalue weighted by atomic mass is 10.2. The molecular weight excluding hydrogens is 462 g/mol. The van der Waals surface area contributed by atoms with Gasteiger partial charge in [-0.15, -0.1) is 0 Å². The number of methoxy groups -OCH3 is 2. The van der Waals surface area contributed by atoms with Crippen molar-refractivity contribution >= 4 is 17.7 Å². The molecule has 2 aromatic carbocycles. The van der Waals surface area contributed by atoms with Crippen molar-refractivity contribution in [1.82, 2.24) is 20.0 Å². The zero-order chi connectivity index (χ0) is 25.5. The van der Waals surface area contributed by atoms with Crippen LogP contribution in [0.4, 0.5) is 10.5 Å².